The lowest BCUT2D eigenvalue weighted by Crippen LogP contribution is -2.56. The van der Waals surface area contributed by atoms with Gasteiger partial charge in [0.1, 0.15) is 0 Å². The third-order valence-electron chi connectivity index (χ3n) is 5.45. The largest absolute Gasteiger partial charge is 0.338 e. The second kappa shape index (κ2) is 9.80. The van der Waals surface area contributed by atoms with Crippen molar-refractivity contribution in [2.75, 3.05) is 25.0 Å². The molecule has 1 N–H and O–H groups in total. The van der Waals surface area contributed by atoms with Crippen molar-refractivity contribution >= 4 is 40.8 Å². The van der Waals surface area contributed by atoms with Crippen LogP contribution in [0.25, 0.3) is 11.5 Å². The lowest BCUT2D eigenvalue weighted by atomic mass is 10.2. The van der Waals surface area contributed by atoms with Crippen molar-refractivity contribution in [2.45, 2.75) is 26.3 Å². The zero-order valence-corrected chi connectivity index (χ0v) is 19.7. The minimum Gasteiger partial charge on any atom is -0.338 e. The lowest BCUT2D eigenvalue weighted by molar-refractivity contribution is -0.132. The highest BCUT2D eigenvalue weighted by Gasteiger charge is 2.30. The second-order valence-electron chi connectivity index (χ2n) is 8.00. The van der Waals surface area contributed by atoms with Crippen LogP contribution in [0.2, 0.25) is 10.0 Å². The minimum absolute atomic E-state index is 0.00697. The number of nitrogens with zero attached hydrogens (tertiary/aromatic N) is 4. The number of hydrogen-bond donors (Lipinski definition) is 1. The number of urea groups is 1. The number of carbonyl (C=O) groups excluding carboxylic acids is 2. The molecule has 1 aliphatic rings. The number of piperazine rings is 1. The number of anilines is 1. The maximum atomic E-state index is 12.8. The number of nitrogens with one attached hydrogen (secondary N) is 1. The number of benzene rings is 2. The molecule has 172 valence electrons. The zero-order chi connectivity index (χ0) is 23.5. The van der Waals surface area contributed by atoms with Crippen LogP contribution in [0.1, 0.15) is 18.3 Å². The number of aryl methyl sites for hydroxylation is 1. The van der Waals surface area contributed by atoms with Gasteiger partial charge >= 0.3 is 6.03 Å². The van der Waals surface area contributed by atoms with Crippen LogP contribution in [-0.2, 0) is 11.2 Å². The van der Waals surface area contributed by atoms with Crippen molar-refractivity contribution < 1.29 is 14.1 Å². The molecular weight excluding hydrogens is 465 g/mol. The van der Waals surface area contributed by atoms with Crippen molar-refractivity contribution in [3.63, 3.8) is 0 Å². The molecule has 3 aromatic rings. The number of amides is 3. The van der Waals surface area contributed by atoms with Gasteiger partial charge in [0.15, 0.2) is 5.82 Å². The molecule has 1 aliphatic heterocycles. The number of halogens is 2. The quantitative estimate of drug-likeness (QED) is 0.577. The van der Waals surface area contributed by atoms with Crippen LogP contribution in [0, 0.1) is 6.92 Å². The summed E-state index contributed by atoms with van der Waals surface area (Å²) >= 11 is 12.0. The van der Waals surface area contributed by atoms with E-state index in [1.807, 2.05) is 38.1 Å². The van der Waals surface area contributed by atoms with Gasteiger partial charge in [-0.15, -0.1) is 0 Å². The molecule has 2 aromatic carbocycles. The van der Waals surface area contributed by atoms with Crippen LogP contribution in [0.15, 0.2) is 47.0 Å². The van der Waals surface area contributed by atoms with Gasteiger partial charge in [-0.05, 0) is 49.7 Å². The molecule has 1 atom stereocenters. The van der Waals surface area contributed by atoms with Gasteiger partial charge in [0.05, 0.1) is 16.5 Å². The van der Waals surface area contributed by atoms with Crippen LogP contribution in [0.4, 0.5) is 10.5 Å². The van der Waals surface area contributed by atoms with E-state index in [9.17, 15) is 9.59 Å². The van der Waals surface area contributed by atoms with E-state index >= 15 is 0 Å². The summed E-state index contributed by atoms with van der Waals surface area (Å²) < 4.78 is 5.27. The fourth-order valence-corrected chi connectivity index (χ4v) is 4.02. The average Bonchev–Trinajstić information content (AvgIpc) is 3.24. The van der Waals surface area contributed by atoms with E-state index in [4.69, 9.17) is 27.7 Å². The maximum absolute atomic E-state index is 12.8. The first-order valence-electron chi connectivity index (χ1n) is 10.5. The summed E-state index contributed by atoms with van der Waals surface area (Å²) in [7, 11) is 0. The fourth-order valence-electron chi connectivity index (χ4n) is 3.72. The van der Waals surface area contributed by atoms with Crippen LogP contribution in [0.5, 0.6) is 0 Å². The lowest BCUT2D eigenvalue weighted by Gasteiger charge is -2.39. The predicted molar refractivity (Wildman–Crippen MR) is 126 cm³/mol. The number of rotatable bonds is 4. The zero-order valence-electron chi connectivity index (χ0n) is 18.2. The van der Waals surface area contributed by atoms with E-state index < -0.39 is 0 Å². The molecule has 0 unspecified atom stereocenters. The van der Waals surface area contributed by atoms with E-state index in [-0.39, 0.29) is 36.1 Å². The van der Waals surface area contributed by atoms with Gasteiger partial charge in [-0.25, -0.2) is 4.79 Å². The molecule has 3 amide bonds. The Morgan fingerprint density at radius 1 is 1.15 bits per heavy atom. The highest BCUT2D eigenvalue weighted by Crippen LogP contribution is 2.27. The molecule has 1 aromatic heterocycles. The Kier molecular flexibility index (Phi) is 6.85. The maximum Gasteiger partial charge on any atom is 0.322 e. The Hall–Kier alpha value is -3.10. The SMILES string of the molecule is Cc1cccc(NC(=O)N2CCN(C(=O)Cc3noc(-c4ccc(Cl)c(Cl)c4)n3)C[C@H]2C)c1. The Morgan fingerprint density at radius 3 is 2.70 bits per heavy atom. The molecule has 4 rings (SSSR count). The molecule has 2 heterocycles. The van der Waals surface area contributed by atoms with E-state index in [1.54, 1.807) is 28.0 Å². The Bertz CT molecular complexity index is 1180. The molecule has 0 bridgehead atoms. The highest BCUT2D eigenvalue weighted by atomic mass is 35.5. The fraction of sp³-hybridized carbons (Fsp3) is 0.304. The summed E-state index contributed by atoms with van der Waals surface area (Å²) in [4.78, 5) is 33.3. The summed E-state index contributed by atoms with van der Waals surface area (Å²) in [6.45, 7) is 5.19. The van der Waals surface area contributed by atoms with E-state index in [2.05, 4.69) is 15.5 Å². The Balaban J connectivity index is 1.33. The van der Waals surface area contributed by atoms with Crippen molar-refractivity contribution in [3.05, 3.63) is 63.9 Å². The van der Waals surface area contributed by atoms with Crippen LogP contribution >= 0.6 is 23.2 Å². The first-order chi connectivity index (χ1) is 15.8. The molecule has 0 radical (unpaired) electrons. The number of aromatic nitrogens is 2. The molecule has 0 aliphatic carbocycles. The highest BCUT2D eigenvalue weighted by molar-refractivity contribution is 6.42. The third kappa shape index (κ3) is 5.46. The summed E-state index contributed by atoms with van der Waals surface area (Å²) in [5, 5.41) is 7.64. The smallest absolute Gasteiger partial charge is 0.322 e. The van der Waals surface area contributed by atoms with Gasteiger partial charge in [-0.1, -0.05) is 40.5 Å². The van der Waals surface area contributed by atoms with Crippen LogP contribution in [-0.4, -0.2) is 57.6 Å². The van der Waals surface area contributed by atoms with Gasteiger partial charge in [0.2, 0.25) is 5.91 Å². The number of carbonyl (C=O) groups is 2. The second-order valence-corrected chi connectivity index (χ2v) is 8.82. The van der Waals surface area contributed by atoms with Crippen molar-refractivity contribution in [2.24, 2.45) is 0 Å². The average molecular weight is 488 g/mol. The predicted octanol–water partition coefficient (Wildman–Crippen LogP) is 4.66. The molecule has 10 heteroatoms. The van der Waals surface area contributed by atoms with Crippen molar-refractivity contribution in [1.29, 1.82) is 0 Å². The third-order valence-corrected chi connectivity index (χ3v) is 6.19. The first-order valence-corrected chi connectivity index (χ1v) is 11.3. The van der Waals surface area contributed by atoms with Gasteiger partial charge in [-0.3, -0.25) is 4.79 Å². The normalized spacial score (nSPS) is 16.1. The van der Waals surface area contributed by atoms with Gasteiger partial charge in [0, 0.05) is 36.9 Å². The topological polar surface area (TPSA) is 91.6 Å². The van der Waals surface area contributed by atoms with Crippen molar-refractivity contribution in [3.8, 4) is 11.5 Å². The summed E-state index contributed by atoms with van der Waals surface area (Å²) in [5.41, 5.74) is 2.44. The Morgan fingerprint density at radius 2 is 1.97 bits per heavy atom. The molecular formula is C23H23Cl2N5O3. The van der Waals surface area contributed by atoms with Gasteiger partial charge in [-0.2, -0.15) is 4.98 Å². The molecule has 33 heavy (non-hydrogen) atoms. The molecule has 0 spiro atoms. The van der Waals surface area contributed by atoms with E-state index in [0.717, 1.165) is 11.3 Å². The van der Waals surface area contributed by atoms with E-state index in [0.29, 0.717) is 35.2 Å². The summed E-state index contributed by atoms with van der Waals surface area (Å²) in [6, 6.07) is 12.3. The van der Waals surface area contributed by atoms with Crippen LogP contribution < -0.4 is 5.32 Å². The van der Waals surface area contributed by atoms with Gasteiger partial charge < -0.3 is 19.6 Å². The Labute approximate surface area is 201 Å². The minimum atomic E-state index is -0.176. The molecule has 1 fully saturated rings. The first kappa shape index (κ1) is 23.1. The van der Waals surface area contributed by atoms with Gasteiger partial charge in [0.25, 0.3) is 5.89 Å². The monoisotopic (exact) mass is 487 g/mol. The van der Waals surface area contributed by atoms with Crippen molar-refractivity contribution in [1.82, 2.24) is 19.9 Å². The van der Waals surface area contributed by atoms with Crippen LogP contribution in [0.3, 0.4) is 0 Å². The van der Waals surface area contributed by atoms with E-state index in [1.165, 1.54) is 0 Å². The molecule has 0 saturated carbocycles. The molecule has 8 nitrogen and oxygen atoms in total. The summed E-state index contributed by atoms with van der Waals surface area (Å²) in [5.74, 6) is 0.429. The number of hydrogen-bond acceptors (Lipinski definition) is 5. The standard InChI is InChI=1S/C23H23Cl2N5O3/c1-14-4-3-5-17(10-14)26-23(32)30-9-8-29(13-15(30)2)21(31)12-20-27-22(33-28-20)16-6-7-18(24)19(25)11-16/h3-7,10-11,15H,8-9,12-13H2,1-2H3,(H,26,32)/t15-/m1/s1. The summed E-state index contributed by atoms with van der Waals surface area (Å²) in [6.07, 6.45) is 0.00697. The molecule has 1 saturated heterocycles.